The van der Waals surface area contributed by atoms with Crippen molar-refractivity contribution < 1.29 is 23.4 Å². The highest BCUT2D eigenvalue weighted by Crippen LogP contribution is 2.28. The Morgan fingerprint density at radius 3 is 2.62 bits per heavy atom. The van der Waals surface area contributed by atoms with Crippen LogP contribution in [0.1, 0.15) is 32.6 Å². The van der Waals surface area contributed by atoms with Gasteiger partial charge in [-0.3, -0.25) is 0 Å². The number of ether oxygens (including phenoxy) is 1. The summed E-state index contributed by atoms with van der Waals surface area (Å²) >= 11 is 3.09. The number of alkyl halides is 3. The molecule has 6 heteroatoms. The summed E-state index contributed by atoms with van der Waals surface area (Å²) < 4.78 is 30.7. The zero-order valence-electron chi connectivity index (χ0n) is 9.22. The molecule has 16 heavy (non-hydrogen) atoms. The van der Waals surface area contributed by atoms with Crippen molar-refractivity contribution in [2.45, 2.75) is 43.4 Å². The van der Waals surface area contributed by atoms with Crippen LogP contribution in [0, 0.1) is 0 Å². The zero-order chi connectivity index (χ0) is 12.6. The van der Waals surface area contributed by atoms with Crippen molar-refractivity contribution in [2.75, 3.05) is 13.2 Å². The minimum absolute atomic E-state index is 0.0496. The van der Waals surface area contributed by atoms with Crippen molar-refractivity contribution in [2.24, 2.45) is 0 Å². The molecule has 0 saturated heterocycles. The van der Waals surface area contributed by atoms with Gasteiger partial charge in [0.25, 0.3) is 0 Å². The second-order valence-corrected chi connectivity index (χ2v) is 4.74. The molecule has 0 aliphatic carbocycles. The predicted molar refractivity (Wildman–Crippen MR) is 59.8 cm³/mol. The minimum Gasteiger partial charge on any atom is -0.462 e. The van der Waals surface area contributed by atoms with Gasteiger partial charge < -0.3 is 9.84 Å². The summed E-state index contributed by atoms with van der Waals surface area (Å²) in [6.07, 6.45) is 1.14. The number of hydrogen-bond donors (Lipinski definition) is 1. The molecule has 0 heterocycles. The van der Waals surface area contributed by atoms with Gasteiger partial charge >= 0.3 is 11.9 Å². The highest BCUT2D eigenvalue weighted by molar-refractivity contribution is 9.09. The van der Waals surface area contributed by atoms with E-state index in [2.05, 4.69) is 20.7 Å². The highest BCUT2D eigenvalue weighted by Gasteiger charge is 2.41. The van der Waals surface area contributed by atoms with Crippen LogP contribution in [0.3, 0.4) is 0 Å². The van der Waals surface area contributed by atoms with Crippen molar-refractivity contribution >= 4 is 21.9 Å². The second kappa shape index (κ2) is 7.95. The Morgan fingerprint density at radius 1 is 1.50 bits per heavy atom. The molecule has 0 bridgehead atoms. The van der Waals surface area contributed by atoms with Gasteiger partial charge in [0.05, 0.1) is 6.61 Å². The number of carbonyl (C=O) groups is 1. The van der Waals surface area contributed by atoms with Gasteiger partial charge in [-0.05, 0) is 19.8 Å². The van der Waals surface area contributed by atoms with E-state index in [9.17, 15) is 13.6 Å². The summed E-state index contributed by atoms with van der Waals surface area (Å²) in [6, 6.07) is 0. The van der Waals surface area contributed by atoms with E-state index >= 15 is 0 Å². The Hall–Kier alpha value is -0.230. The number of halogens is 3. The lowest BCUT2D eigenvalue weighted by Crippen LogP contribution is -2.33. The molecule has 0 rings (SSSR count). The molecule has 0 fully saturated rings. The molecule has 3 nitrogen and oxygen atoms in total. The van der Waals surface area contributed by atoms with Gasteiger partial charge in [-0.1, -0.05) is 22.4 Å². The lowest BCUT2D eigenvalue weighted by molar-refractivity contribution is -0.172. The third-order valence-corrected chi connectivity index (χ3v) is 2.76. The SMILES string of the molecule is CCOC(=O)C(F)(F)CC(Br)CCCCO. The number of hydrogen-bond acceptors (Lipinski definition) is 3. The monoisotopic (exact) mass is 302 g/mol. The quantitative estimate of drug-likeness (QED) is 0.426. The number of aliphatic hydroxyl groups excluding tert-OH is 1. The van der Waals surface area contributed by atoms with E-state index in [0.29, 0.717) is 19.3 Å². The van der Waals surface area contributed by atoms with Crippen LogP contribution in [-0.2, 0) is 9.53 Å². The molecule has 1 atom stereocenters. The molecule has 1 unspecified atom stereocenters. The van der Waals surface area contributed by atoms with Crippen molar-refractivity contribution in [1.29, 1.82) is 0 Å². The molecule has 0 aromatic rings. The molecule has 1 N–H and O–H groups in total. The van der Waals surface area contributed by atoms with Crippen LogP contribution in [0.5, 0.6) is 0 Å². The summed E-state index contributed by atoms with van der Waals surface area (Å²) in [7, 11) is 0. The Bertz CT molecular complexity index is 212. The predicted octanol–water partition coefficient (Wildman–Crippen LogP) is 2.50. The molecule has 0 saturated carbocycles. The van der Waals surface area contributed by atoms with Crippen LogP contribution >= 0.6 is 15.9 Å². The maximum Gasteiger partial charge on any atom is 0.377 e. The first kappa shape index (κ1) is 15.8. The molecular formula is C10H17BrF2O3. The van der Waals surface area contributed by atoms with E-state index in [4.69, 9.17) is 5.11 Å². The molecular weight excluding hydrogens is 286 g/mol. The van der Waals surface area contributed by atoms with Gasteiger partial charge in [-0.15, -0.1) is 0 Å². The smallest absolute Gasteiger partial charge is 0.377 e. The van der Waals surface area contributed by atoms with Crippen molar-refractivity contribution in [3.8, 4) is 0 Å². The molecule has 0 aliphatic heterocycles. The van der Waals surface area contributed by atoms with Gasteiger partial charge in [-0.2, -0.15) is 8.78 Å². The second-order valence-electron chi connectivity index (χ2n) is 3.45. The maximum absolute atomic E-state index is 13.2. The number of unbranched alkanes of at least 4 members (excludes halogenated alkanes) is 1. The van der Waals surface area contributed by atoms with Gasteiger partial charge in [-0.25, -0.2) is 4.79 Å². The molecule has 0 amide bonds. The van der Waals surface area contributed by atoms with E-state index in [-0.39, 0.29) is 13.2 Å². The molecule has 96 valence electrons. The third kappa shape index (κ3) is 6.37. The Labute approximate surface area is 102 Å². The fourth-order valence-electron chi connectivity index (χ4n) is 1.18. The topological polar surface area (TPSA) is 46.5 Å². The van der Waals surface area contributed by atoms with E-state index in [1.54, 1.807) is 0 Å². The summed E-state index contributed by atoms with van der Waals surface area (Å²) in [6.45, 7) is 1.49. The van der Waals surface area contributed by atoms with E-state index in [0.717, 1.165) is 0 Å². The Morgan fingerprint density at radius 2 is 2.12 bits per heavy atom. The largest absolute Gasteiger partial charge is 0.462 e. The van der Waals surface area contributed by atoms with Crippen molar-refractivity contribution in [1.82, 2.24) is 0 Å². The average molecular weight is 303 g/mol. The third-order valence-electron chi connectivity index (χ3n) is 1.98. The van der Waals surface area contributed by atoms with E-state index in [1.807, 2.05) is 0 Å². The minimum atomic E-state index is -3.44. The maximum atomic E-state index is 13.2. The summed E-state index contributed by atoms with van der Waals surface area (Å²) in [5.41, 5.74) is 0. The molecule has 0 radical (unpaired) electrons. The number of aliphatic hydroxyl groups is 1. The van der Waals surface area contributed by atoms with Gasteiger partial charge in [0.1, 0.15) is 0 Å². The molecule has 0 aromatic heterocycles. The number of esters is 1. The lowest BCUT2D eigenvalue weighted by Gasteiger charge is -2.17. The van der Waals surface area contributed by atoms with Gasteiger partial charge in [0.2, 0.25) is 0 Å². The fraction of sp³-hybridized carbons (Fsp3) is 0.900. The van der Waals surface area contributed by atoms with E-state index < -0.39 is 23.1 Å². The summed E-state index contributed by atoms with van der Waals surface area (Å²) in [5, 5.41) is 8.53. The molecule has 0 spiro atoms. The fourth-order valence-corrected chi connectivity index (χ4v) is 1.91. The average Bonchev–Trinajstić information content (AvgIpc) is 2.17. The molecule has 0 aliphatic rings. The Balaban J connectivity index is 3.98. The number of rotatable bonds is 8. The first-order valence-electron chi connectivity index (χ1n) is 5.24. The zero-order valence-corrected chi connectivity index (χ0v) is 10.8. The van der Waals surface area contributed by atoms with Crippen molar-refractivity contribution in [3.05, 3.63) is 0 Å². The first-order valence-corrected chi connectivity index (χ1v) is 6.15. The van der Waals surface area contributed by atoms with Gasteiger partial charge in [0.15, 0.2) is 0 Å². The first-order chi connectivity index (χ1) is 7.44. The highest BCUT2D eigenvalue weighted by atomic mass is 79.9. The van der Waals surface area contributed by atoms with Gasteiger partial charge in [0, 0.05) is 17.9 Å². The van der Waals surface area contributed by atoms with Crippen LogP contribution in [0.15, 0.2) is 0 Å². The van der Waals surface area contributed by atoms with Crippen LogP contribution < -0.4 is 0 Å². The summed E-state index contributed by atoms with van der Waals surface area (Å²) in [4.78, 5) is 10.5. The molecule has 0 aromatic carbocycles. The van der Waals surface area contributed by atoms with E-state index in [1.165, 1.54) is 6.92 Å². The van der Waals surface area contributed by atoms with Crippen LogP contribution in [0.4, 0.5) is 8.78 Å². The lowest BCUT2D eigenvalue weighted by atomic mass is 10.1. The van der Waals surface area contributed by atoms with Crippen molar-refractivity contribution in [3.63, 3.8) is 0 Å². The normalized spacial score (nSPS) is 13.6. The van der Waals surface area contributed by atoms with Crippen LogP contribution in [-0.4, -0.2) is 35.0 Å². The standard InChI is InChI=1S/C10H17BrF2O3/c1-2-16-9(15)10(12,13)7-8(11)5-3-4-6-14/h8,14H,2-7H2,1H3. The Kier molecular flexibility index (Phi) is 7.83. The summed E-state index contributed by atoms with van der Waals surface area (Å²) in [5.74, 6) is -4.91. The van der Waals surface area contributed by atoms with Crippen LogP contribution in [0.25, 0.3) is 0 Å². The van der Waals surface area contributed by atoms with Crippen LogP contribution in [0.2, 0.25) is 0 Å². The number of carbonyl (C=O) groups excluding carboxylic acids is 1.